The van der Waals surface area contributed by atoms with Crippen LogP contribution < -0.4 is 5.32 Å². The van der Waals surface area contributed by atoms with Crippen molar-refractivity contribution in [3.8, 4) is 0 Å². The zero-order chi connectivity index (χ0) is 28.8. The van der Waals surface area contributed by atoms with Gasteiger partial charge in [0.1, 0.15) is 5.82 Å². The first-order chi connectivity index (χ1) is 17.5. The molecule has 1 heterocycles. The number of nitrogens with one attached hydrogen (secondary N) is 2. The van der Waals surface area contributed by atoms with Gasteiger partial charge in [-0.3, -0.25) is 9.89 Å². The Morgan fingerprint density at radius 1 is 1.34 bits per heavy atom. The summed E-state index contributed by atoms with van der Waals surface area (Å²) < 4.78 is 5.12. The topological polar surface area (TPSA) is 87.3 Å². The largest absolute Gasteiger partial charge is 2.00 e. The molecule has 1 aromatic rings. The van der Waals surface area contributed by atoms with Crippen molar-refractivity contribution in [2.75, 3.05) is 40.2 Å². The Morgan fingerprint density at radius 2 is 1.95 bits per heavy atom. The number of methoxy groups -OCH3 is 1. The third kappa shape index (κ3) is 21.4. The van der Waals surface area contributed by atoms with Gasteiger partial charge in [0.25, 0.3) is 0 Å². The summed E-state index contributed by atoms with van der Waals surface area (Å²) in [6.07, 6.45) is 12.5. The van der Waals surface area contributed by atoms with Crippen LogP contribution in [0.15, 0.2) is 29.0 Å². The molecule has 1 aliphatic rings. The summed E-state index contributed by atoms with van der Waals surface area (Å²) in [5.74, 6) is 2.44. The minimum atomic E-state index is -0.0833. The van der Waals surface area contributed by atoms with Crippen molar-refractivity contribution in [3.05, 3.63) is 48.0 Å². The fraction of sp³-hybridized carbons (Fsp3) is 0.633. The van der Waals surface area contributed by atoms with Crippen molar-refractivity contribution >= 4 is 17.9 Å². The van der Waals surface area contributed by atoms with Gasteiger partial charge in [0.15, 0.2) is 6.29 Å². The molecule has 1 fully saturated rings. The maximum absolute atomic E-state index is 10.8. The van der Waals surface area contributed by atoms with Crippen LogP contribution in [0.5, 0.6) is 0 Å². The average molecular weight is 757 g/mol. The number of aromatic amines is 1. The summed E-state index contributed by atoms with van der Waals surface area (Å²) in [4.78, 5) is 22.0. The number of ether oxygens (including phenoxy) is 1. The molecule has 1 saturated carbocycles. The number of aldehydes is 1. The SMILES string of the molecule is CC/C(C)=C(/C=C(/C=O)N(C)C)COC.CCCC(C)C.CNc1cc(C2C[CH-]CC2)[nH]n1.[CH2-]C(C)=O.[U+2]. The molecule has 2 rings (SSSR count). The number of hydrogen-bond donors (Lipinski definition) is 2. The van der Waals surface area contributed by atoms with Crippen LogP contribution in [0.3, 0.4) is 0 Å². The number of ketones is 1. The number of anilines is 1. The van der Waals surface area contributed by atoms with E-state index < -0.39 is 0 Å². The van der Waals surface area contributed by atoms with Crippen molar-refractivity contribution in [2.45, 2.75) is 86.0 Å². The van der Waals surface area contributed by atoms with Gasteiger partial charge in [-0.15, -0.1) is 0 Å². The molecule has 0 radical (unpaired) electrons. The van der Waals surface area contributed by atoms with Crippen LogP contribution in [0.4, 0.5) is 5.82 Å². The monoisotopic (exact) mass is 756 g/mol. The first-order valence-electron chi connectivity index (χ1n) is 13.4. The van der Waals surface area contributed by atoms with Crippen molar-refractivity contribution in [1.29, 1.82) is 0 Å². The molecule has 0 bridgehead atoms. The van der Waals surface area contributed by atoms with E-state index in [9.17, 15) is 9.59 Å². The summed E-state index contributed by atoms with van der Waals surface area (Å²) in [5.41, 5.74) is 4.26. The molecule has 1 aromatic heterocycles. The van der Waals surface area contributed by atoms with Crippen molar-refractivity contribution in [1.82, 2.24) is 15.1 Å². The number of carbonyl (C=O) groups excluding carboxylic acids is 2. The van der Waals surface area contributed by atoms with Gasteiger partial charge in [0, 0.05) is 40.0 Å². The molecule has 0 amide bonds. The van der Waals surface area contributed by atoms with Gasteiger partial charge in [-0.05, 0) is 49.5 Å². The third-order valence-corrected chi connectivity index (χ3v) is 5.67. The molecule has 0 aliphatic heterocycles. The van der Waals surface area contributed by atoms with E-state index in [0.29, 0.717) is 18.2 Å². The van der Waals surface area contributed by atoms with E-state index in [1.165, 1.54) is 50.3 Å². The van der Waals surface area contributed by atoms with Gasteiger partial charge in [-0.1, -0.05) is 52.5 Å². The summed E-state index contributed by atoms with van der Waals surface area (Å²) >= 11 is 0. The summed E-state index contributed by atoms with van der Waals surface area (Å²) in [6, 6.07) is 2.10. The van der Waals surface area contributed by atoms with Crippen molar-refractivity contribution in [2.24, 2.45) is 5.92 Å². The average Bonchev–Trinajstić information content (AvgIpc) is 3.53. The fourth-order valence-corrected chi connectivity index (χ4v) is 3.41. The van der Waals surface area contributed by atoms with Crippen LogP contribution in [0, 0.1) is 50.4 Å². The molecule has 216 valence electrons. The molecule has 7 nitrogen and oxygen atoms in total. The number of rotatable bonds is 10. The molecule has 1 aliphatic carbocycles. The maximum Gasteiger partial charge on any atom is 2.00 e. The third-order valence-electron chi connectivity index (χ3n) is 5.67. The van der Waals surface area contributed by atoms with Gasteiger partial charge in [0.2, 0.25) is 0 Å². The standard InChI is InChI=1S/C12H21NO2.C9H14N3.C6H14.C3H5O.U/c1-6-10(2)11(9-15-5)7-12(8-14)13(3)4;1-10-9-6-8(11-12-9)7-4-2-3-5-7;1-4-5-6(2)3;1-3(2)4;/h7-8H,6,9H2,1-5H3;2,6-7H,3-5H2,1H3,(H2,10,11,12);6H,4-5H2,1-3H3;1H2,2H3;/q;-1;;-1;+2/b11-10-,12-7-;;;;. The zero-order valence-electron chi connectivity index (χ0n) is 25.7. The molecule has 2 N–H and O–H groups in total. The van der Waals surface area contributed by atoms with Crippen LogP contribution in [-0.2, 0) is 14.3 Å². The number of aromatic nitrogens is 2. The van der Waals surface area contributed by atoms with Crippen molar-refractivity contribution < 1.29 is 45.4 Å². The second kappa shape index (κ2) is 25.8. The second-order valence-electron chi connectivity index (χ2n) is 9.82. The summed E-state index contributed by atoms with van der Waals surface area (Å²) in [5, 5.41) is 10.2. The molecular weight excluding hydrogens is 702 g/mol. The van der Waals surface area contributed by atoms with Gasteiger partial charge in [-0.2, -0.15) is 17.9 Å². The minimum absolute atomic E-state index is 0. The Kier molecular flexibility index (Phi) is 27.8. The quantitative estimate of drug-likeness (QED) is 0.119. The van der Waals surface area contributed by atoms with Crippen LogP contribution in [0.1, 0.15) is 91.7 Å². The molecule has 1 unspecified atom stereocenters. The van der Waals surface area contributed by atoms with Gasteiger partial charge >= 0.3 is 31.1 Å². The van der Waals surface area contributed by atoms with Crippen LogP contribution in [-0.4, -0.2) is 62.0 Å². The van der Waals surface area contributed by atoms with Gasteiger partial charge in [0.05, 0.1) is 12.3 Å². The molecule has 1 atom stereocenters. The Hall–Kier alpha value is -1.49. The number of allylic oxidation sites excluding steroid dienone is 2. The van der Waals surface area contributed by atoms with Crippen LogP contribution in [0.25, 0.3) is 0 Å². The van der Waals surface area contributed by atoms with E-state index in [1.807, 2.05) is 27.2 Å². The molecule has 0 saturated heterocycles. The Morgan fingerprint density at radius 3 is 2.26 bits per heavy atom. The Bertz CT molecular complexity index is 791. The van der Waals surface area contributed by atoms with Gasteiger partial charge < -0.3 is 33.1 Å². The van der Waals surface area contributed by atoms with E-state index in [4.69, 9.17) is 4.74 Å². The van der Waals surface area contributed by atoms with E-state index in [2.05, 4.69) is 69.5 Å². The predicted molar refractivity (Wildman–Crippen MR) is 158 cm³/mol. The molecule has 0 aromatic carbocycles. The fourth-order valence-electron chi connectivity index (χ4n) is 3.41. The Balaban J connectivity index is -0.000000474. The molecule has 38 heavy (non-hydrogen) atoms. The number of nitrogens with zero attached hydrogens (tertiary/aromatic N) is 2. The zero-order valence-corrected chi connectivity index (χ0v) is 29.9. The number of H-pyrrole nitrogens is 1. The van der Waals surface area contributed by atoms with Crippen molar-refractivity contribution in [3.63, 3.8) is 0 Å². The predicted octanol–water partition coefficient (Wildman–Crippen LogP) is 6.78. The number of likely N-dealkylation sites (N-methyl/N-ethyl adjacent to an activating group) is 1. The number of Topliss-reactive ketones (excluding diaryl/α,β-unsaturated/α-hetero) is 1. The van der Waals surface area contributed by atoms with Gasteiger partial charge in [-0.25, -0.2) is 0 Å². The molecular formula is C30H54N4O3U. The van der Waals surface area contributed by atoms with Crippen LogP contribution in [0.2, 0.25) is 0 Å². The minimum Gasteiger partial charge on any atom is -0.380 e. The summed E-state index contributed by atoms with van der Waals surface area (Å²) in [7, 11) is 7.26. The maximum atomic E-state index is 10.8. The smallest absolute Gasteiger partial charge is 0.380 e. The second-order valence-corrected chi connectivity index (χ2v) is 9.82. The van der Waals surface area contributed by atoms with E-state index in [-0.39, 0.29) is 36.9 Å². The van der Waals surface area contributed by atoms with Crippen LogP contribution >= 0.6 is 0 Å². The van der Waals surface area contributed by atoms with E-state index in [1.54, 1.807) is 12.0 Å². The number of hydrogen-bond acceptors (Lipinski definition) is 6. The first kappa shape index (κ1) is 41.0. The van der Waals surface area contributed by atoms with E-state index >= 15 is 0 Å². The summed E-state index contributed by atoms with van der Waals surface area (Å²) in [6.45, 7) is 15.8. The normalized spacial score (nSPS) is 14.8. The Labute approximate surface area is 257 Å². The molecule has 0 spiro atoms. The van der Waals surface area contributed by atoms with E-state index in [0.717, 1.165) is 30.0 Å². The number of carbonyl (C=O) groups is 2. The molecule has 8 heteroatoms. The first-order valence-corrected chi connectivity index (χ1v) is 13.4.